The summed E-state index contributed by atoms with van der Waals surface area (Å²) in [7, 11) is 0. The van der Waals surface area contributed by atoms with Crippen LogP contribution in [0, 0.1) is 18.7 Å². The van der Waals surface area contributed by atoms with E-state index < -0.39 is 11.7 Å². The summed E-state index contributed by atoms with van der Waals surface area (Å²) in [6, 6.07) is 10.5. The zero-order chi connectivity index (χ0) is 20.1. The molecule has 2 N–H and O–H groups in total. The molecular weight excluding hydrogens is 393 g/mol. The molecule has 9 heteroatoms. The Morgan fingerprint density at radius 2 is 2.21 bits per heavy atom. The van der Waals surface area contributed by atoms with Gasteiger partial charge >= 0.3 is 0 Å². The van der Waals surface area contributed by atoms with Crippen LogP contribution in [0.3, 0.4) is 0 Å². The van der Waals surface area contributed by atoms with Gasteiger partial charge in [0.25, 0.3) is 0 Å². The lowest BCUT2D eigenvalue weighted by Crippen LogP contribution is -2.28. The smallest absolute Gasteiger partial charge is 0.231 e. The Balaban J connectivity index is 1.37. The summed E-state index contributed by atoms with van der Waals surface area (Å²) in [6.45, 7) is 2.14. The number of carbonyl (C=O) groups excluding carboxylic acids is 2. The zero-order valence-electron chi connectivity index (χ0n) is 15.4. The third-order valence-electron chi connectivity index (χ3n) is 5.05. The van der Waals surface area contributed by atoms with Crippen molar-refractivity contribution in [1.29, 1.82) is 0 Å². The summed E-state index contributed by atoms with van der Waals surface area (Å²) >= 11 is 1.39. The second-order valence-electron chi connectivity index (χ2n) is 7.09. The number of aromatic nitrogens is 3. The molecule has 7 nitrogen and oxygen atoms in total. The number of hydrogen-bond donors (Lipinski definition) is 2. The van der Waals surface area contributed by atoms with E-state index >= 15 is 0 Å². The molecule has 2 aromatic heterocycles. The number of benzene rings is 2. The summed E-state index contributed by atoms with van der Waals surface area (Å²) in [5, 5.41) is 10.4. The molecule has 146 valence electrons. The average molecular weight is 409 g/mol. The summed E-state index contributed by atoms with van der Waals surface area (Å²) < 4.78 is 15.2. The van der Waals surface area contributed by atoms with Gasteiger partial charge in [0.05, 0.1) is 27.0 Å². The highest BCUT2D eigenvalue weighted by Gasteiger charge is 2.37. The fourth-order valence-corrected chi connectivity index (χ4v) is 4.56. The van der Waals surface area contributed by atoms with Gasteiger partial charge in [-0.3, -0.25) is 19.6 Å². The van der Waals surface area contributed by atoms with Crippen LogP contribution in [0.4, 0.5) is 15.3 Å². The maximum absolute atomic E-state index is 14.2. The molecule has 1 atom stereocenters. The lowest BCUT2D eigenvalue weighted by Gasteiger charge is -2.14. The minimum absolute atomic E-state index is 0.0403. The summed E-state index contributed by atoms with van der Waals surface area (Å²) in [5.74, 6) is -1.35. The van der Waals surface area contributed by atoms with E-state index in [2.05, 4.69) is 20.5 Å². The van der Waals surface area contributed by atoms with Gasteiger partial charge in [0.15, 0.2) is 10.9 Å². The van der Waals surface area contributed by atoms with Crippen LogP contribution in [-0.2, 0) is 9.59 Å². The van der Waals surface area contributed by atoms with E-state index in [4.69, 9.17) is 0 Å². The number of fused-ring (bicyclic) bond motifs is 2. The molecule has 3 heterocycles. The first-order valence-corrected chi connectivity index (χ1v) is 9.92. The molecular formula is C20H16FN5O2S. The van der Waals surface area contributed by atoms with Crippen molar-refractivity contribution >= 4 is 55.2 Å². The minimum atomic E-state index is -0.560. The maximum Gasteiger partial charge on any atom is 0.231 e. The highest BCUT2D eigenvalue weighted by Crippen LogP contribution is 2.32. The number of aromatic amines is 1. The topological polar surface area (TPSA) is 91.0 Å². The molecule has 1 aliphatic heterocycles. The molecule has 0 saturated carbocycles. The minimum Gasteiger partial charge on any atom is -0.302 e. The van der Waals surface area contributed by atoms with Gasteiger partial charge in [-0.25, -0.2) is 9.37 Å². The van der Waals surface area contributed by atoms with Crippen molar-refractivity contribution in [1.82, 2.24) is 15.2 Å². The van der Waals surface area contributed by atoms with E-state index in [1.807, 2.05) is 25.1 Å². The van der Waals surface area contributed by atoms with Crippen LogP contribution in [0.1, 0.15) is 12.0 Å². The molecule has 1 fully saturated rings. The first kappa shape index (κ1) is 17.7. The van der Waals surface area contributed by atoms with Crippen LogP contribution in [0.5, 0.6) is 0 Å². The number of hydrogen-bond acceptors (Lipinski definition) is 5. The number of rotatable bonds is 3. The number of amides is 2. The molecule has 4 aromatic rings. The number of carbonyl (C=O) groups is 2. The van der Waals surface area contributed by atoms with E-state index in [-0.39, 0.29) is 36.0 Å². The second-order valence-corrected chi connectivity index (χ2v) is 8.13. The number of nitrogens with one attached hydrogen (secondary N) is 2. The largest absolute Gasteiger partial charge is 0.302 e. The predicted octanol–water partition coefficient (Wildman–Crippen LogP) is 3.61. The standard InChI is InChI=1S/C20H16FN5O2S/c1-10-5-6-13-15(7-10)29-20(22-13)23-19(28)11-8-16(27)26(9-11)18-17-12(21)3-2-4-14(17)24-25-18/h2-7,11H,8-9H2,1H3,(H,24,25)(H,22,23,28). The van der Waals surface area contributed by atoms with Crippen molar-refractivity contribution in [3.8, 4) is 0 Å². The highest BCUT2D eigenvalue weighted by atomic mass is 32.1. The number of thiazole rings is 1. The molecule has 5 rings (SSSR count). The van der Waals surface area contributed by atoms with Crippen molar-refractivity contribution in [3.05, 3.63) is 47.8 Å². The van der Waals surface area contributed by atoms with E-state index in [9.17, 15) is 14.0 Å². The molecule has 0 radical (unpaired) electrons. The van der Waals surface area contributed by atoms with Crippen molar-refractivity contribution in [2.75, 3.05) is 16.8 Å². The van der Waals surface area contributed by atoms with Crippen molar-refractivity contribution in [2.24, 2.45) is 5.92 Å². The molecule has 29 heavy (non-hydrogen) atoms. The van der Waals surface area contributed by atoms with Gasteiger partial charge in [0.1, 0.15) is 5.82 Å². The van der Waals surface area contributed by atoms with Crippen molar-refractivity contribution in [2.45, 2.75) is 13.3 Å². The maximum atomic E-state index is 14.2. The Labute approximate surface area is 168 Å². The SMILES string of the molecule is Cc1ccc2nc(NC(=O)C3CC(=O)N(c4n[nH]c5cccc(F)c45)C3)sc2c1. The second kappa shape index (κ2) is 6.63. The first-order chi connectivity index (χ1) is 14.0. The fourth-order valence-electron chi connectivity index (χ4n) is 3.59. The van der Waals surface area contributed by atoms with E-state index in [0.29, 0.717) is 10.6 Å². The van der Waals surface area contributed by atoms with E-state index in [1.165, 1.54) is 22.3 Å². The van der Waals surface area contributed by atoms with Gasteiger partial charge in [0, 0.05) is 13.0 Å². The van der Waals surface area contributed by atoms with Crippen molar-refractivity contribution in [3.63, 3.8) is 0 Å². The number of halogens is 1. The van der Waals surface area contributed by atoms with Crippen LogP contribution < -0.4 is 10.2 Å². The Morgan fingerprint density at radius 1 is 1.34 bits per heavy atom. The van der Waals surface area contributed by atoms with Gasteiger partial charge in [-0.05, 0) is 36.8 Å². The average Bonchev–Trinajstić information content (AvgIpc) is 3.38. The summed E-state index contributed by atoms with van der Waals surface area (Å²) in [5.41, 5.74) is 2.44. The third kappa shape index (κ3) is 3.03. The summed E-state index contributed by atoms with van der Waals surface area (Å²) in [6.07, 6.45) is 0.0403. The summed E-state index contributed by atoms with van der Waals surface area (Å²) in [4.78, 5) is 31.0. The van der Waals surface area contributed by atoms with Gasteiger partial charge in [-0.2, -0.15) is 5.10 Å². The highest BCUT2D eigenvalue weighted by molar-refractivity contribution is 7.22. The Kier molecular flexibility index (Phi) is 4.06. The van der Waals surface area contributed by atoms with Crippen LogP contribution in [0.25, 0.3) is 21.1 Å². The number of nitrogens with zero attached hydrogens (tertiary/aromatic N) is 3. The molecule has 1 saturated heterocycles. The van der Waals surface area contributed by atoms with Crippen LogP contribution in [-0.4, -0.2) is 33.5 Å². The van der Waals surface area contributed by atoms with Crippen LogP contribution >= 0.6 is 11.3 Å². The zero-order valence-corrected chi connectivity index (χ0v) is 16.2. The molecule has 2 amide bonds. The van der Waals surface area contributed by atoms with Gasteiger partial charge in [0.2, 0.25) is 11.8 Å². The molecule has 1 unspecified atom stereocenters. The first-order valence-electron chi connectivity index (χ1n) is 9.10. The number of aryl methyl sites for hydroxylation is 1. The fraction of sp³-hybridized carbons (Fsp3) is 0.200. The lowest BCUT2D eigenvalue weighted by atomic mass is 10.1. The molecule has 0 aliphatic carbocycles. The van der Waals surface area contributed by atoms with Crippen molar-refractivity contribution < 1.29 is 14.0 Å². The number of anilines is 2. The van der Waals surface area contributed by atoms with Gasteiger partial charge < -0.3 is 5.32 Å². The van der Waals surface area contributed by atoms with E-state index in [1.54, 1.807) is 12.1 Å². The normalized spacial score (nSPS) is 16.8. The van der Waals surface area contributed by atoms with Crippen LogP contribution in [0.2, 0.25) is 0 Å². The van der Waals surface area contributed by atoms with E-state index in [0.717, 1.165) is 15.8 Å². The molecule has 0 spiro atoms. The van der Waals surface area contributed by atoms with Gasteiger partial charge in [-0.15, -0.1) is 0 Å². The molecule has 0 bridgehead atoms. The number of H-pyrrole nitrogens is 1. The quantitative estimate of drug-likeness (QED) is 0.541. The van der Waals surface area contributed by atoms with Gasteiger partial charge in [-0.1, -0.05) is 23.5 Å². The van der Waals surface area contributed by atoms with Crippen LogP contribution in [0.15, 0.2) is 36.4 Å². The molecule has 2 aromatic carbocycles. The Morgan fingerprint density at radius 3 is 3.07 bits per heavy atom. The Hall–Kier alpha value is -3.33. The third-order valence-corrected chi connectivity index (χ3v) is 5.98. The predicted molar refractivity (Wildman–Crippen MR) is 109 cm³/mol. The molecule has 1 aliphatic rings. The Bertz CT molecular complexity index is 1280. The monoisotopic (exact) mass is 409 g/mol. The lowest BCUT2D eigenvalue weighted by molar-refractivity contribution is -0.122.